The van der Waals surface area contributed by atoms with Crippen LogP contribution < -0.4 is 5.32 Å². The lowest BCUT2D eigenvalue weighted by molar-refractivity contribution is -0.140. The van der Waals surface area contributed by atoms with Gasteiger partial charge in [-0.2, -0.15) is 0 Å². The smallest absolute Gasteiger partial charge is 0.255 e. The van der Waals surface area contributed by atoms with Crippen molar-refractivity contribution in [3.63, 3.8) is 0 Å². The van der Waals surface area contributed by atoms with E-state index < -0.39 is 0 Å². The molecule has 1 aliphatic carbocycles. The lowest BCUT2D eigenvalue weighted by Crippen LogP contribution is -2.54. The molecule has 33 heavy (non-hydrogen) atoms. The average Bonchev–Trinajstić information content (AvgIpc) is 3.31. The minimum absolute atomic E-state index is 0.140. The molecule has 4 rings (SSSR count). The van der Waals surface area contributed by atoms with E-state index >= 15 is 0 Å². The molecule has 1 atom stereocenters. The fourth-order valence-electron chi connectivity index (χ4n) is 5.16. The monoisotopic (exact) mass is 451 g/mol. The summed E-state index contributed by atoms with van der Waals surface area (Å²) in [6.07, 6.45) is 4.36. The molecule has 5 nitrogen and oxygen atoms in total. The molecule has 1 heterocycles. The van der Waals surface area contributed by atoms with E-state index in [2.05, 4.69) is 17.1 Å². The number of hydrogen-bond acceptors (Lipinski definition) is 3. The molecule has 1 saturated carbocycles. The number of aryl methyl sites for hydroxylation is 1. The zero-order valence-corrected chi connectivity index (χ0v) is 19.9. The fourth-order valence-corrected chi connectivity index (χ4v) is 5.16. The van der Waals surface area contributed by atoms with Crippen molar-refractivity contribution in [1.82, 2.24) is 9.80 Å². The summed E-state index contributed by atoms with van der Waals surface area (Å²) in [5, 5.41) is 2.88. The third kappa shape index (κ3) is 5.44. The quantitative estimate of drug-likeness (QED) is 0.702. The van der Waals surface area contributed by atoms with Gasteiger partial charge in [0.2, 0.25) is 5.91 Å². The number of carbonyl (C=O) groups excluding carboxylic acids is 2. The maximum atomic E-state index is 14.5. The number of amides is 2. The van der Waals surface area contributed by atoms with Crippen LogP contribution in [0, 0.1) is 25.6 Å². The molecule has 0 spiro atoms. The molecule has 1 N–H and O–H groups in total. The Bertz CT molecular complexity index is 1030. The van der Waals surface area contributed by atoms with Crippen molar-refractivity contribution < 1.29 is 14.0 Å². The predicted octanol–water partition coefficient (Wildman–Crippen LogP) is 4.92. The van der Waals surface area contributed by atoms with Crippen molar-refractivity contribution in [2.24, 2.45) is 5.92 Å². The van der Waals surface area contributed by atoms with E-state index in [9.17, 15) is 14.0 Å². The van der Waals surface area contributed by atoms with E-state index in [-0.39, 0.29) is 23.7 Å². The highest BCUT2D eigenvalue weighted by Crippen LogP contribution is 2.29. The number of nitrogens with zero attached hydrogens (tertiary/aromatic N) is 2. The first-order valence-electron chi connectivity index (χ1n) is 12.0. The number of carbonyl (C=O) groups is 2. The molecule has 1 saturated heterocycles. The Hall–Kier alpha value is -2.73. The zero-order chi connectivity index (χ0) is 23.5. The first-order valence-corrected chi connectivity index (χ1v) is 12.0. The van der Waals surface area contributed by atoms with Gasteiger partial charge in [-0.05, 0) is 69.0 Å². The zero-order valence-electron chi connectivity index (χ0n) is 19.9. The van der Waals surface area contributed by atoms with Crippen LogP contribution in [0.25, 0.3) is 0 Å². The van der Waals surface area contributed by atoms with Crippen LogP contribution in [-0.4, -0.2) is 47.3 Å². The summed E-state index contributed by atoms with van der Waals surface area (Å²) in [5.74, 6) is -0.101. The Morgan fingerprint density at radius 2 is 1.85 bits per heavy atom. The van der Waals surface area contributed by atoms with Crippen molar-refractivity contribution in [1.29, 1.82) is 0 Å². The van der Waals surface area contributed by atoms with E-state index in [0.717, 1.165) is 55.5 Å². The van der Waals surface area contributed by atoms with Gasteiger partial charge in [-0.15, -0.1) is 0 Å². The Kier molecular flexibility index (Phi) is 7.13. The van der Waals surface area contributed by atoms with Gasteiger partial charge in [-0.1, -0.05) is 30.5 Å². The van der Waals surface area contributed by atoms with Crippen LogP contribution in [0.15, 0.2) is 36.4 Å². The molecule has 2 aromatic carbocycles. The van der Waals surface area contributed by atoms with Crippen molar-refractivity contribution in [2.75, 3.05) is 25.0 Å². The fraction of sp³-hybridized carbons (Fsp3) is 0.481. The number of piperazine rings is 1. The second kappa shape index (κ2) is 10.0. The number of benzene rings is 2. The molecule has 0 aromatic heterocycles. The number of nitrogens with one attached hydrogen (secondary N) is 1. The van der Waals surface area contributed by atoms with Crippen LogP contribution in [0.5, 0.6) is 0 Å². The van der Waals surface area contributed by atoms with Crippen LogP contribution in [0.4, 0.5) is 10.1 Å². The summed E-state index contributed by atoms with van der Waals surface area (Å²) in [4.78, 5) is 29.9. The van der Waals surface area contributed by atoms with Gasteiger partial charge in [0.25, 0.3) is 5.91 Å². The van der Waals surface area contributed by atoms with Gasteiger partial charge < -0.3 is 10.2 Å². The Morgan fingerprint density at radius 1 is 1.09 bits per heavy atom. The maximum absolute atomic E-state index is 14.5. The lowest BCUT2D eigenvalue weighted by atomic mass is 10.0. The molecule has 176 valence electrons. The topological polar surface area (TPSA) is 52.7 Å². The number of rotatable bonds is 5. The van der Waals surface area contributed by atoms with Crippen LogP contribution >= 0.6 is 0 Å². The predicted molar refractivity (Wildman–Crippen MR) is 129 cm³/mol. The summed E-state index contributed by atoms with van der Waals surface area (Å²) < 4.78 is 14.5. The van der Waals surface area contributed by atoms with Gasteiger partial charge in [0, 0.05) is 49.4 Å². The summed E-state index contributed by atoms with van der Waals surface area (Å²) in [5.41, 5.74) is 3.78. The van der Waals surface area contributed by atoms with E-state index in [0.29, 0.717) is 30.2 Å². The summed E-state index contributed by atoms with van der Waals surface area (Å²) >= 11 is 0. The number of anilines is 1. The van der Waals surface area contributed by atoms with Gasteiger partial charge >= 0.3 is 0 Å². The Labute approximate surface area is 196 Å². The molecule has 0 bridgehead atoms. The van der Waals surface area contributed by atoms with Crippen molar-refractivity contribution >= 4 is 17.5 Å². The highest BCUT2D eigenvalue weighted by molar-refractivity contribution is 6.04. The van der Waals surface area contributed by atoms with Crippen LogP contribution in [0.3, 0.4) is 0 Å². The van der Waals surface area contributed by atoms with E-state index in [1.807, 2.05) is 36.9 Å². The van der Waals surface area contributed by atoms with Crippen molar-refractivity contribution in [2.45, 2.75) is 59.0 Å². The molecule has 6 heteroatoms. The third-order valence-electron chi connectivity index (χ3n) is 7.10. The SMILES string of the molecule is Cc1cccc(C(=O)Nc2cc(F)cc(CN3CCN(C(=O)C4CCCC4)C(C)C3)c2C)c1. The summed E-state index contributed by atoms with van der Waals surface area (Å²) in [7, 11) is 0. The van der Waals surface area contributed by atoms with Gasteiger partial charge in [-0.25, -0.2) is 4.39 Å². The average molecular weight is 452 g/mol. The molecule has 2 amide bonds. The van der Waals surface area contributed by atoms with E-state index in [1.54, 1.807) is 12.1 Å². The molecule has 2 fully saturated rings. The van der Waals surface area contributed by atoms with E-state index in [4.69, 9.17) is 0 Å². The van der Waals surface area contributed by atoms with Crippen LogP contribution in [0.2, 0.25) is 0 Å². The largest absolute Gasteiger partial charge is 0.337 e. The summed E-state index contributed by atoms with van der Waals surface area (Å²) in [6.45, 7) is 8.79. The normalized spacial score (nSPS) is 19.6. The highest BCUT2D eigenvalue weighted by Gasteiger charge is 2.33. The minimum atomic E-state index is -0.363. The number of halogens is 1. The van der Waals surface area contributed by atoms with Crippen molar-refractivity contribution in [3.8, 4) is 0 Å². The van der Waals surface area contributed by atoms with Gasteiger partial charge in [0.05, 0.1) is 0 Å². The standard InChI is InChI=1S/C27H34FN3O2/c1-18-7-6-10-22(13-18)26(32)29-25-15-24(28)14-23(20(25)3)17-30-11-12-31(19(2)16-30)27(33)21-8-4-5-9-21/h6-7,10,13-15,19,21H,4-5,8-9,11-12,16-17H2,1-3H3,(H,29,32). The van der Waals surface area contributed by atoms with E-state index in [1.165, 1.54) is 6.07 Å². The van der Waals surface area contributed by atoms with Gasteiger partial charge in [0.1, 0.15) is 5.82 Å². The molecule has 1 unspecified atom stereocenters. The van der Waals surface area contributed by atoms with Gasteiger partial charge in [0.15, 0.2) is 0 Å². The first-order chi connectivity index (χ1) is 15.8. The second-order valence-electron chi connectivity index (χ2n) is 9.66. The minimum Gasteiger partial charge on any atom is -0.337 e. The van der Waals surface area contributed by atoms with Gasteiger partial charge in [-0.3, -0.25) is 14.5 Å². The molecular formula is C27H34FN3O2. The maximum Gasteiger partial charge on any atom is 0.255 e. The lowest BCUT2D eigenvalue weighted by Gasteiger charge is -2.41. The molecule has 1 aliphatic heterocycles. The Balaban J connectivity index is 1.43. The molecule has 0 radical (unpaired) electrons. The summed E-state index contributed by atoms with van der Waals surface area (Å²) in [6, 6.07) is 10.4. The third-order valence-corrected chi connectivity index (χ3v) is 7.10. The second-order valence-corrected chi connectivity index (χ2v) is 9.66. The van der Waals surface area contributed by atoms with Crippen LogP contribution in [-0.2, 0) is 11.3 Å². The molecule has 2 aliphatic rings. The Morgan fingerprint density at radius 3 is 2.55 bits per heavy atom. The molecule has 2 aromatic rings. The molecular weight excluding hydrogens is 417 g/mol. The number of hydrogen-bond donors (Lipinski definition) is 1. The highest BCUT2D eigenvalue weighted by atomic mass is 19.1. The van der Waals surface area contributed by atoms with Crippen LogP contribution in [0.1, 0.15) is 59.7 Å². The van der Waals surface area contributed by atoms with Crippen molar-refractivity contribution in [3.05, 3.63) is 64.5 Å². The first kappa shape index (κ1) is 23.4.